The summed E-state index contributed by atoms with van der Waals surface area (Å²) in [5.74, 6) is -0.753. The highest BCUT2D eigenvalue weighted by atomic mass is 32.2. The highest BCUT2D eigenvalue weighted by Gasteiger charge is 2.38. The lowest BCUT2D eigenvalue weighted by Gasteiger charge is -2.43. The van der Waals surface area contributed by atoms with Crippen molar-refractivity contribution in [3.63, 3.8) is 0 Å². The van der Waals surface area contributed by atoms with Crippen molar-refractivity contribution in [2.75, 3.05) is 17.8 Å². The van der Waals surface area contributed by atoms with Crippen molar-refractivity contribution in [2.24, 2.45) is 5.92 Å². The number of amides is 1. The van der Waals surface area contributed by atoms with Gasteiger partial charge in [-0.1, -0.05) is 18.2 Å². The molecule has 2 unspecified atom stereocenters. The fourth-order valence-electron chi connectivity index (χ4n) is 4.85. The lowest BCUT2D eigenvalue weighted by Crippen LogP contribution is -2.49. The van der Waals surface area contributed by atoms with Gasteiger partial charge in [-0.25, -0.2) is 12.8 Å². The van der Waals surface area contributed by atoms with Crippen molar-refractivity contribution in [3.8, 4) is 0 Å². The quantitative estimate of drug-likeness (QED) is 0.639. The van der Waals surface area contributed by atoms with E-state index in [0.29, 0.717) is 36.6 Å². The second-order valence-electron chi connectivity index (χ2n) is 8.52. The van der Waals surface area contributed by atoms with Gasteiger partial charge in [-0.15, -0.1) is 0 Å². The van der Waals surface area contributed by atoms with E-state index in [0.717, 1.165) is 6.42 Å². The Morgan fingerprint density at radius 3 is 2.39 bits per heavy atom. The van der Waals surface area contributed by atoms with Crippen molar-refractivity contribution >= 4 is 21.6 Å². The van der Waals surface area contributed by atoms with Gasteiger partial charge < -0.3 is 9.47 Å². The number of aromatic nitrogens is 1. The van der Waals surface area contributed by atoms with Crippen molar-refractivity contribution in [1.29, 1.82) is 0 Å². The van der Waals surface area contributed by atoms with Crippen LogP contribution in [0, 0.1) is 11.7 Å². The fraction of sp³-hybridized carbons (Fsp3) is 0.250. The van der Waals surface area contributed by atoms with Gasteiger partial charge in [0.1, 0.15) is 5.82 Å². The number of nitrogens with one attached hydrogen (secondary N) is 1. The summed E-state index contributed by atoms with van der Waals surface area (Å²) < 4.78 is 43.4. The maximum absolute atomic E-state index is 13.3. The number of carbonyl (C=O) groups is 1. The molecule has 170 valence electrons. The monoisotopic (exact) mass is 467 g/mol. The summed E-state index contributed by atoms with van der Waals surface area (Å²) in [6, 6.07) is 16.3. The first kappa shape index (κ1) is 21.4. The molecule has 2 aromatic carbocycles. The number of benzene rings is 2. The molecular weight excluding hydrogens is 445 g/mol. The number of halogens is 1. The summed E-state index contributed by atoms with van der Waals surface area (Å²) in [4.78, 5) is 27.5. The largest absolute Gasteiger partial charge is 0.338 e. The van der Waals surface area contributed by atoms with Gasteiger partial charge in [0.25, 0.3) is 21.5 Å². The first-order valence-electron chi connectivity index (χ1n) is 10.7. The van der Waals surface area contributed by atoms with Crippen LogP contribution >= 0.6 is 0 Å². The number of hydrogen-bond acceptors (Lipinski definition) is 4. The number of anilines is 1. The minimum atomic E-state index is -3.85. The molecule has 0 aliphatic carbocycles. The van der Waals surface area contributed by atoms with Crippen molar-refractivity contribution in [2.45, 2.75) is 23.8 Å². The van der Waals surface area contributed by atoms with Crippen LogP contribution in [0.2, 0.25) is 0 Å². The molecule has 1 amide bonds. The topological polar surface area (TPSA) is 88.5 Å². The minimum absolute atomic E-state index is 0.0688. The molecule has 3 aromatic rings. The molecule has 1 N–H and O–H groups in total. The van der Waals surface area contributed by atoms with E-state index in [4.69, 9.17) is 0 Å². The van der Waals surface area contributed by atoms with E-state index in [9.17, 15) is 22.4 Å². The zero-order valence-electron chi connectivity index (χ0n) is 17.6. The highest BCUT2D eigenvalue weighted by molar-refractivity contribution is 7.92. The predicted octanol–water partition coefficient (Wildman–Crippen LogP) is 3.05. The van der Waals surface area contributed by atoms with Crippen LogP contribution in [0.4, 0.5) is 10.1 Å². The lowest BCUT2D eigenvalue weighted by atomic mass is 9.82. The van der Waals surface area contributed by atoms with Gasteiger partial charge in [0.15, 0.2) is 0 Å². The SMILES string of the molecule is O=C(c1ccc(F)cc1)N1CC2CC(C1)c1c(NS(=O)(=O)c3ccccc3)ccc(=O)n1C2. The van der Waals surface area contributed by atoms with Crippen LogP contribution in [-0.2, 0) is 16.6 Å². The van der Waals surface area contributed by atoms with Crippen LogP contribution in [0.25, 0.3) is 0 Å². The molecule has 1 aromatic heterocycles. The van der Waals surface area contributed by atoms with Crippen LogP contribution < -0.4 is 10.3 Å². The predicted molar refractivity (Wildman–Crippen MR) is 121 cm³/mol. The molecule has 0 radical (unpaired) electrons. The molecule has 3 heterocycles. The number of nitrogens with zero attached hydrogens (tertiary/aromatic N) is 2. The van der Waals surface area contributed by atoms with Crippen molar-refractivity contribution < 1.29 is 17.6 Å². The Labute approximate surface area is 190 Å². The standard InChI is InChI=1S/C24H22FN3O4S/c25-19-8-6-17(7-9-19)24(30)27-13-16-12-18(15-27)23-21(10-11-22(29)28(23)14-16)26-33(31,32)20-4-2-1-3-5-20/h1-11,16,18,26H,12-15H2. The average Bonchev–Trinajstić information content (AvgIpc) is 2.81. The Morgan fingerprint density at radius 1 is 0.939 bits per heavy atom. The van der Waals surface area contributed by atoms with E-state index >= 15 is 0 Å². The summed E-state index contributed by atoms with van der Waals surface area (Å²) in [6.07, 6.45) is 0.747. The highest BCUT2D eigenvalue weighted by Crippen LogP contribution is 2.39. The third kappa shape index (κ3) is 4.04. The summed E-state index contributed by atoms with van der Waals surface area (Å²) in [5, 5.41) is 0. The number of fused-ring (bicyclic) bond motifs is 4. The normalized spacial score (nSPS) is 19.6. The molecule has 1 saturated heterocycles. The Hall–Kier alpha value is -3.46. The van der Waals surface area contributed by atoms with Gasteiger partial charge in [0.05, 0.1) is 16.3 Å². The molecule has 7 nitrogen and oxygen atoms in total. The van der Waals surface area contributed by atoms with E-state index in [1.54, 1.807) is 27.7 Å². The third-order valence-corrected chi connectivity index (χ3v) is 7.65. The number of carbonyl (C=O) groups excluding carboxylic acids is 1. The second kappa shape index (κ2) is 8.15. The van der Waals surface area contributed by atoms with Gasteiger partial charge in [-0.2, -0.15) is 0 Å². The van der Waals surface area contributed by atoms with Gasteiger partial charge in [-0.05, 0) is 54.8 Å². The first-order chi connectivity index (χ1) is 15.8. The second-order valence-corrected chi connectivity index (χ2v) is 10.2. The molecule has 0 spiro atoms. The molecule has 5 rings (SSSR count). The molecule has 9 heteroatoms. The molecular formula is C24H22FN3O4S. The number of rotatable bonds is 4. The molecule has 1 fully saturated rings. The fourth-order valence-corrected chi connectivity index (χ4v) is 5.94. The molecule has 2 aliphatic rings. The smallest absolute Gasteiger partial charge is 0.261 e. The van der Waals surface area contributed by atoms with Crippen molar-refractivity contribution in [3.05, 3.63) is 94.2 Å². The van der Waals surface area contributed by atoms with Gasteiger partial charge >= 0.3 is 0 Å². The summed E-state index contributed by atoms with van der Waals surface area (Å²) in [7, 11) is -3.85. The van der Waals surface area contributed by atoms with E-state index in [-0.39, 0.29) is 28.2 Å². The number of hydrogen-bond donors (Lipinski definition) is 1. The zero-order valence-corrected chi connectivity index (χ0v) is 18.5. The van der Waals surface area contributed by atoms with Crippen LogP contribution in [0.15, 0.2) is 76.4 Å². The molecule has 2 atom stereocenters. The summed E-state index contributed by atoms with van der Waals surface area (Å²) >= 11 is 0. The summed E-state index contributed by atoms with van der Waals surface area (Å²) in [6.45, 7) is 1.23. The van der Waals surface area contributed by atoms with E-state index in [2.05, 4.69) is 4.72 Å². The number of pyridine rings is 1. The van der Waals surface area contributed by atoms with Crippen LogP contribution in [0.3, 0.4) is 0 Å². The van der Waals surface area contributed by atoms with Crippen molar-refractivity contribution in [1.82, 2.24) is 9.47 Å². The third-order valence-electron chi connectivity index (χ3n) is 6.27. The van der Waals surface area contributed by atoms with E-state index in [1.165, 1.54) is 48.5 Å². The average molecular weight is 468 g/mol. The Kier molecular flexibility index (Phi) is 5.28. The maximum Gasteiger partial charge on any atom is 0.261 e. The number of piperidine rings is 1. The van der Waals surface area contributed by atoms with Crippen LogP contribution in [0.5, 0.6) is 0 Å². The van der Waals surface area contributed by atoms with Gasteiger partial charge in [0, 0.05) is 37.2 Å². The Morgan fingerprint density at radius 2 is 1.67 bits per heavy atom. The van der Waals surface area contributed by atoms with E-state index in [1.807, 2.05) is 0 Å². The van der Waals surface area contributed by atoms with Crippen LogP contribution in [0.1, 0.15) is 28.4 Å². The first-order valence-corrected chi connectivity index (χ1v) is 12.2. The van der Waals surface area contributed by atoms with Crippen LogP contribution in [-0.4, -0.2) is 36.9 Å². The Balaban J connectivity index is 1.48. The summed E-state index contributed by atoms with van der Waals surface area (Å²) in [5.41, 5.74) is 1.14. The Bertz CT molecular complexity index is 1370. The van der Waals surface area contributed by atoms with Gasteiger partial charge in [-0.3, -0.25) is 14.3 Å². The minimum Gasteiger partial charge on any atom is -0.338 e. The molecule has 2 bridgehead atoms. The molecule has 0 saturated carbocycles. The lowest BCUT2D eigenvalue weighted by molar-refractivity contribution is 0.0595. The van der Waals surface area contributed by atoms with E-state index < -0.39 is 15.8 Å². The maximum atomic E-state index is 13.3. The zero-order chi connectivity index (χ0) is 23.2. The molecule has 33 heavy (non-hydrogen) atoms. The van der Waals surface area contributed by atoms with Gasteiger partial charge in [0.2, 0.25) is 0 Å². The number of likely N-dealkylation sites (tertiary alicyclic amines) is 1. The number of sulfonamides is 1. The molecule has 2 aliphatic heterocycles.